The van der Waals surface area contributed by atoms with Gasteiger partial charge in [-0.2, -0.15) is 0 Å². The van der Waals surface area contributed by atoms with Gasteiger partial charge in [-0.05, 0) is 36.6 Å². The second-order valence-electron chi connectivity index (χ2n) is 4.78. The van der Waals surface area contributed by atoms with Gasteiger partial charge in [0.25, 0.3) is 0 Å². The molecule has 19 heavy (non-hydrogen) atoms. The summed E-state index contributed by atoms with van der Waals surface area (Å²) in [6.07, 6.45) is 2.21. The van der Waals surface area contributed by atoms with Gasteiger partial charge in [0.2, 0.25) is 5.91 Å². The maximum absolute atomic E-state index is 12.2. The number of aromatic carboxylic acids is 1. The molecule has 0 unspecified atom stereocenters. The van der Waals surface area contributed by atoms with E-state index in [1.165, 1.54) is 6.07 Å². The lowest BCUT2D eigenvalue weighted by Crippen LogP contribution is -2.43. The first-order valence-corrected chi connectivity index (χ1v) is 6.47. The second-order valence-corrected chi connectivity index (χ2v) is 4.78. The average Bonchev–Trinajstić information content (AvgIpc) is 2.80. The summed E-state index contributed by atoms with van der Waals surface area (Å²) in [5.74, 6) is -1.03. The fourth-order valence-electron chi connectivity index (χ4n) is 2.40. The molecule has 1 aliphatic heterocycles. The molecule has 5 nitrogen and oxygen atoms in total. The Morgan fingerprint density at radius 2 is 2.21 bits per heavy atom. The molecule has 0 saturated carbocycles. The van der Waals surface area contributed by atoms with E-state index in [1.807, 2.05) is 6.92 Å². The van der Waals surface area contributed by atoms with Gasteiger partial charge < -0.3 is 15.7 Å². The van der Waals surface area contributed by atoms with Crippen molar-refractivity contribution < 1.29 is 14.7 Å². The number of nitrogens with two attached hydrogens (primary N) is 1. The quantitative estimate of drug-likeness (QED) is 0.859. The molecule has 0 fully saturated rings. The maximum atomic E-state index is 12.2. The summed E-state index contributed by atoms with van der Waals surface area (Å²) in [6.45, 7) is 2.57. The molecular weight excluding hydrogens is 244 g/mol. The number of carboxylic acids is 1. The van der Waals surface area contributed by atoms with Gasteiger partial charge in [0.15, 0.2) is 0 Å². The van der Waals surface area contributed by atoms with E-state index in [0.29, 0.717) is 19.4 Å². The Morgan fingerprint density at radius 3 is 2.84 bits per heavy atom. The lowest BCUT2D eigenvalue weighted by Gasteiger charge is -2.21. The summed E-state index contributed by atoms with van der Waals surface area (Å²) in [5, 5.41) is 8.95. The molecule has 5 heteroatoms. The minimum atomic E-state index is -0.949. The lowest BCUT2D eigenvalue weighted by atomic mass is 10.1. The summed E-state index contributed by atoms with van der Waals surface area (Å²) < 4.78 is 0. The molecule has 3 N–H and O–H groups in total. The number of rotatable bonds is 4. The number of carbonyl (C=O) groups excluding carboxylic acids is 1. The maximum Gasteiger partial charge on any atom is 0.335 e. The first-order chi connectivity index (χ1) is 9.04. The Kier molecular flexibility index (Phi) is 3.85. The Bertz CT molecular complexity index is 513. The minimum absolute atomic E-state index is 0.0799. The summed E-state index contributed by atoms with van der Waals surface area (Å²) >= 11 is 0. The Labute approximate surface area is 112 Å². The number of hydrogen-bond donors (Lipinski definition) is 2. The van der Waals surface area contributed by atoms with E-state index >= 15 is 0 Å². The van der Waals surface area contributed by atoms with Crippen molar-refractivity contribution in [1.82, 2.24) is 0 Å². The number of hydrogen-bond acceptors (Lipinski definition) is 3. The summed E-state index contributed by atoms with van der Waals surface area (Å²) in [4.78, 5) is 24.8. The molecule has 0 saturated heterocycles. The lowest BCUT2D eigenvalue weighted by molar-refractivity contribution is -0.119. The largest absolute Gasteiger partial charge is 0.478 e. The highest BCUT2D eigenvalue weighted by atomic mass is 16.4. The van der Waals surface area contributed by atoms with Crippen molar-refractivity contribution in [1.29, 1.82) is 0 Å². The number of nitrogens with zero attached hydrogens (tertiary/aromatic N) is 1. The van der Waals surface area contributed by atoms with Gasteiger partial charge in [-0.1, -0.05) is 13.3 Å². The van der Waals surface area contributed by atoms with Crippen molar-refractivity contribution in [3.05, 3.63) is 29.3 Å². The van der Waals surface area contributed by atoms with Crippen LogP contribution in [0.5, 0.6) is 0 Å². The van der Waals surface area contributed by atoms with Crippen LogP contribution in [0.3, 0.4) is 0 Å². The average molecular weight is 262 g/mol. The van der Waals surface area contributed by atoms with Crippen molar-refractivity contribution in [3.63, 3.8) is 0 Å². The van der Waals surface area contributed by atoms with Gasteiger partial charge in [-0.3, -0.25) is 4.79 Å². The van der Waals surface area contributed by atoms with Crippen LogP contribution in [0.15, 0.2) is 18.2 Å². The molecule has 1 amide bonds. The van der Waals surface area contributed by atoms with Gasteiger partial charge in [-0.25, -0.2) is 4.79 Å². The molecule has 0 spiro atoms. The zero-order chi connectivity index (χ0) is 14.0. The third-order valence-electron chi connectivity index (χ3n) is 3.40. The topological polar surface area (TPSA) is 83.6 Å². The van der Waals surface area contributed by atoms with Crippen molar-refractivity contribution in [3.8, 4) is 0 Å². The molecule has 1 aliphatic rings. The van der Waals surface area contributed by atoms with E-state index in [-0.39, 0.29) is 11.5 Å². The van der Waals surface area contributed by atoms with Gasteiger partial charge in [-0.15, -0.1) is 0 Å². The van der Waals surface area contributed by atoms with E-state index in [9.17, 15) is 9.59 Å². The monoisotopic (exact) mass is 262 g/mol. The van der Waals surface area contributed by atoms with Gasteiger partial charge in [0, 0.05) is 12.2 Å². The molecule has 0 radical (unpaired) electrons. The summed E-state index contributed by atoms with van der Waals surface area (Å²) in [7, 11) is 0. The molecule has 0 aliphatic carbocycles. The van der Waals surface area contributed by atoms with Crippen LogP contribution in [-0.4, -0.2) is 29.6 Å². The number of carbonyl (C=O) groups is 2. The molecule has 2 rings (SSSR count). The van der Waals surface area contributed by atoms with Crippen LogP contribution < -0.4 is 10.6 Å². The second kappa shape index (κ2) is 5.40. The molecule has 0 aromatic heterocycles. The number of benzene rings is 1. The fourth-order valence-corrected chi connectivity index (χ4v) is 2.40. The van der Waals surface area contributed by atoms with Crippen LogP contribution in [0.4, 0.5) is 5.69 Å². The highest BCUT2D eigenvalue weighted by Gasteiger charge is 2.28. The van der Waals surface area contributed by atoms with Gasteiger partial charge >= 0.3 is 5.97 Å². The van der Waals surface area contributed by atoms with Crippen molar-refractivity contribution in [2.24, 2.45) is 5.73 Å². The zero-order valence-corrected chi connectivity index (χ0v) is 10.9. The van der Waals surface area contributed by atoms with Crippen LogP contribution >= 0.6 is 0 Å². The fraction of sp³-hybridized carbons (Fsp3) is 0.429. The van der Waals surface area contributed by atoms with E-state index in [0.717, 1.165) is 17.7 Å². The van der Waals surface area contributed by atoms with E-state index in [1.54, 1.807) is 17.0 Å². The van der Waals surface area contributed by atoms with Crippen LogP contribution in [-0.2, 0) is 11.2 Å². The first-order valence-electron chi connectivity index (χ1n) is 6.47. The number of amides is 1. The van der Waals surface area contributed by atoms with Crippen LogP contribution in [0, 0.1) is 0 Å². The molecule has 1 atom stereocenters. The molecule has 1 aromatic rings. The third kappa shape index (κ3) is 2.61. The third-order valence-corrected chi connectivity index (χ3v) is 3.40. The summed E-state index contributed by atoms with van der Waals surface area (Å²) in [6, 6.07) is 4.38. The molecule has 102 valence electrons. The highest BCUT2D eigenvalue weighted by Crippen LogP contribution is 2.29. The smallest absolute Gasteiger partial charge is 0.335 e. The minimum Gasteiger partial charge on any atom is -0.478 e. The van der Waals surface area contributed by atoms with Crippen LogP contribution in [0.1, 0.15) is 35.7 Å². The van der Waals surface area contributed by atoms with Crippen LogP contribution in [0.25, 0.3) is 0 Å². The van der Waals surface area contributed by atoms with Crippen molar-refractivity contribution in [2.45, 2.75) is 32.2 Å². The van der Waals surface area contributed by atoms with Gasteiger partial charge in [0.1, 0.15) is 0 Å². The van der Waals surface area contributed by atoms with E-state index in [2.05, 4.69) is 0 Å². The predicted octanol–water partition coefficient (Wildman–Crippen LogP) is 1.40. The summed E-state index contributed by atoms with van der Waals surface area (Å²) in [5.41, 5.74) is 7.81. The van der Waals surface area contributed by atoms with Crippen LogP contribution in [0.2, 0.25) is 0 Å². The number of fused-ring (bicyclic) bond motifs is 1. The number of carboxylic acid groups (broad SMARTS) is 1. The highest BCUT2D eigenvalue weighted by molar-refractivity contribution is 5.99. The van der Waals surface area contributed by atoms with Crippen molar-refractivity contribution >= 4 is 17.6 Å². The Balaban J connectivity index is 2.23. The molecule has 1 heterocycles. The SMILES string of the molecule is CCC[C@H](N)C(=O)N1CCc2cc(C(=O)O)ccc21. The number of anilines is 1. The Hall–Kier alpha value is -1.88. The van der Waals surface area contributed by atoms with E-state index < -0.39 is 12.0 Å². The zero-order valence-electron chi connectivity index (χ0n) is 10.9. The van der Waals surface area contributed by atoms with E-state index in [4.69, 9.17) is 10.8 Å². The normalized spacial score (nSPS) is 15.2. The van der Waals surface area contributed by atoms with Crippen molar-refractivity contribution in [2.75, 3.05) is 11.4 Å². The van der Waals surface area contributed by atoms with Gasteiger partial charge in [0.05, 0.1) is 11.6 Å². The Morgan fingerprint density at radius 1 is 1.47 bits per heavy atom. The predicted molar refractivity (Wildman–Crippen MR) is 72.3 cm³/mol. The molecule has 0 bridgehead atoms. The first kappa shape index (κ1) is 13.5. The molecular formula is C14H18N2O3. The standard InChI is InChI=1S/C14H18N2O3/c1-2-3-11(15)13(17)16-7-6-9-8-10(14(18)19)4-5-12(9)16/h4-5,8,11H,2-3,6-7,15H2,1H3,(H,18,19)/t11-/m0/s1. The molecule has 1 aromatic carbocycles.